The summed E-state index contributed by atoms with van der Waals surface area (Å²) in [4.78, 5) is 25.2. The molecular formula is C20H17N5OS. The molecule has 1 saturated heterocycles. The molecule has 5 heterocycles. The van der Waals surface area contributed by atoms with Crippen LogP contribution in [0.4, 0.5) is 0 Å². The third kappa shape index (κ3) is 2.71. The molecule has 1 aliphatic heterocycles. The van der Waals surface area contributed by atoms with Gasteiger partial charge in [-0.05, 0) is 42.5 Å². The number of amides is 1. The second-order valence-electron chi connectivity index (χ2n) is 6.48. The minimum absolute atomic E-state index is 0.0296. The van der Waals surface area contributed by atoms with Crippen LogP contribution in [0.15, 0.2) is 54.2 Å². The molecule has 4 aromatic heterocycles. The highest BCUT2D eigenvalue weighted by Gasteiger charge is 2.28. The Morgan fingerprint density at radius 1 is 1.00 bits per heavy atom. The lowest BCUT2D eigenvalue weighted by molar-refractivity contribution is 0.0788. The Bertz CT molecular complexity index is 1100. The Balaban J connectivity index is 1.78. The Labute approximate surface area is 160 Å². The van der Waals surface area contributed by atoms with Crippen LogP contribution >= 0.6 is 11.3 Å². The van der Waals surface area contributed by atoms with E-state index in [9.17, 15) is 4.79 Å². The van der Waals surface area contributed by atoms with Crippen molar-refractivity contribution in [2.75, 3.05) is 13.1 Å². The van der Waals surface area contributed by atoms with Gasteiger partial charge in [0.25, 0.3) is 5.91 Å². The summed E-state index contributed by atoms with van der Waals surface area (Å²) in [7, 11) is 0. The molecule has 0 unspecified atom stereocenters. The van der Waals surface area contributed by atoms with Crippen molar-refractivity contribution < 1.29 is 4.79 Å². The Morgan fingerprint density at radius 3 is 2.63 bits per heavy atom. The molecule has 0 N–H and O–H groups in total. The quantitative estimate of drug-likeness (QED) is 0.547. The van der Waals surface area contributed by atoms with Crippen LogP contribution in [-0.4, -0.2) is 43.6 Å². The van der Waals surface area contributed by atoms with Crippen LogP contribution in [0.3, 0.4) is 0 Å². The van der Waals surface area contributed by atoms with E-state index in [1.807, 2.05) is 40.6 Å². The Kier molecular flexibility index (Phi) is 3.94. The first-order valence-corrected chi connectivity index (χ1v) is 9.83. The van der Waals surface area contributed by atoms with Crippen molar-refractivity contribution in [1.82, 2.24) is 24.6 Å². The van der Waals surface area contributed by atoms with Crippen LogP contribution in [0, 0.1) is 0 Å². The number of rotatable bonds is 3. The zero-order valence-corrected chi connectivity index (χ0v) is 15.4. The predicted molar refractivity (Wildman–Crippen MR) is 105 cm³/mol. The van der Waals surface area contributed by atoms with Crippen molar-refractivity contribution in [3.05, 3.63) is 59.9 Å². The Hall–Kier alpha value is -3.06. The maximum Gasteiger partial charge on any atom is 0.275 e. The van der Waals surface area contributed by atoms with Gasteiger partial charge in [-0.25, -0.2) is 9.97 Å². The third-order valence-corrected chi connectivity index (χ3v) is 5.72. The van der Waals surface area contributed by atoms with Crippen LogP contribution in [0.25, 0.3) is 27.3 Å². The molecule has 6 nitrogen and oxygen atoms in total. The van der Waals surface area contributed by atoms with Crippen LogP contribution in [0.5, 0.6) is 0 Å². The van der Waals surface area contributed by atoms with Crippen LogP contribution in [0.2, 0.25) is 0 Å². The van der Waals surface area contributed by atoms with Gasteiger partial charge in [-0.2, -0.15) is 9.78 Å². The number of carbonyl (C=O) groups excluding carboxylic acids is 1. The summed E-state index contributed by atoms with van der Waals surface area (Å²) >= 11 is 1.64. The van der Waals surface area contributed by atoms with Crippen molar-refractivity contribution in [3.8, 4) is 16.3 Å². The van der Waals surface area contributed by atoms with E-state index >= 15 is 0 Å². The van der Waals surface area contributed by atoms with Gasteiger partial charge in [0.1, 0.15) is 0 Å². The molecule has 0 atom stereocenters. The van der Waals surface area contributed by atoms with Gasteiger partial charge in [0.15, 0.2) is 17.2 Å². The maximum absolute atomic E-state index is 13.2. The van der Waals surface area contributed by atoms with E-state index < -0.39 is 0 Å². The number of pyridine rings is 2. The topological polar surface area (TPSA) is 63.9 Å². The van der Waals surface area contributed by atoms with Gasteiger partial charge in [0.2, 0.25) is 0 Å². The first kappa shape index (κ1) is 16.1. The van der Waals surface area contributed by atoms with Gasteiger partial charge >= 0.3 is 0 Å². The number of hydrogen-bond donors (Lipinski definition) is 0. The van der Waals surface area contributed by atoms with E-state index in [4.69, 9.17) is 0 Å². The minimum Gasteiger partial charge on any atom is -0.337 e. The SMILES string of the molecule is O=C(c1nn(-c2ccccn2)c2nccc(-c3cccs3)c12)N1CCCC1. The minimum atomic E-state index is -0.0296. The van der Waals surface area contributed by atoms with Crippen LogP contribution in [0.1, 0.15) is 23.3 Å². The molecule has 1 fully saturated rings. The van der Waals surface area contributed by atoms with Gasteiger partial charge in [0.05, 0.1) is 5.39 Å². The molecule has 7 heteroatoms. The summed E-state index contributed by atoms with van der Waals surface area (Å²) in [5, 5.41) is 7.51. The van der Waals surface area contributed by atoms with Crippen molar-refractivity contribution in [1.29, 1.82) is 0 Å². The lowest BCUT2D eigenvalue weighted by atomic mass is 10.1. The molecule has 0 radical (unpaired) electrons. The molecule has 5 rings (SSSR count). The number of nitrogens with zero attached hydrogens (tertiary/aromatic N) is 5. The van der Waals surface area contributed by atoms with E-state index in [0.29, 0.717) is 17.2 Å². The first-order chi connectivity index (χ1) is 13.3. The second-order valence-corrected chi connectivity index (χ2v) is 7.43. The maximum atomic E-state index is 13.2. The molecule has 27 heavy (non-hydrogen) atoms. The summed E-state index contributed by atoms with van der Waals surface area (Å²) in [6.07, 6.45) is 5.57. The van der Waals surface area contributed by atoms with E-state index in [1.54, 1.807) is 28.4 Å². The fourth-order valence-electron chi connectivity index (χ4n) is 3.54. The molecule has 1 aliphatic rings. The van der Waals surface area contributed by atoms with Crippen molar-refractivity contribution in [2.24, 2.45) is 0 Å². The number of thiophene rings is 1. The molecular weight excluding hydrogens is 358 g/mol. The smallest absolute Gasteiger partial charge is 0.275 e. The van der Waals surface area contributed by atoms with Crippen molar-refractivity contribution in [3.63, 3.8) is 0 Å². The van der Waals surface area contributed by atoms with Gasteiger partial charge in [0, 0.05) is 35.9 Å². The molecule has 134 valence electrons. The van der Waals surface area contributed by atoms with Crippen LogP contribution < -0.4 is 0 Å². The highest BCUT2D eigenvalue weighted by atomic mass is 32.1. The zero-order chi connectivity index (χ0) is 18.2. The number of fused-ring (bicyclic) bond motifs is 1. The number of hydrogen-bond acceptors (Lipinski definition) is 5. The van der Waals surface area contributed by atoms with E-state index in [2.05, 4.69) is 21.1 Å². The molecule has 4 aromatic rings. The molecule has 0 saturated carbocycles. The molecule has 0 aliphatic carbocycles. The summed E-state index contributed by atoms with van der Waals surface area (Å²) in [5.74, 6) is 0.622. The predicted octanol–water partition coefficient (Wildman–Crippen LogP) is 3.78. The molecule has 1 amide bonds. The third-order valence-electron chi connectivity index (χ3n) is 4.82. The van der Waals surface area contributed by atoms with Gasteiger partial charge < -0.3 is 4.90 Å². The normalized spacial score (nSPS) is 14.1. The standard InChI is InChI=1S/C20H17N5OS/c26-20(24-11-3-4-12-24)18-17-14(15-6-5-13-27-15)8-10-22-19(17)25(23-18)16-7-1-2-9-21-16/h1-2,5-10,13H,3-4,11-12H2. The summed E-state index contributed by atoms with van der Waals surface area (Å²) in [6, 6.07) is 11.7. The molecule has 0 bridgehead atoms. The molecule has 0 aromatic carbocycles. The average molecular weight is 375 g/mol. The monoisotopic (exact) mass is 375 g/mol. The summed E-state index contributed by atoms with van der Waals surface area (Å²) in [5.41, 5.74) is 2.09. The first-order valence-electron chi connectivity index (χ1n) is 8.95. The lowest BCUT2D eigenvalue weighted by Gasteiger charge is -2.13. The lowest BCUT2D eigenvalue weighted by Crippen LogP contribution is -2.28. The largest absolute Gasteiger partial charge is 0.337 e. The highest BCUT2D eigenvalue weighted by molar-refractivity contribution is 7.13. The Morgan fingerprint density at radius 2 is 1.89 bits per heavy atom. The van der Waals surface area contributed by atoms with E-state index in [1.165, 1.54) is 0 Å². The number of carbonyl (C=O) groups is 1. The van der Waals surface area contributed by atoms with E-state index in [0.717, 1.165) is 41.8 Å². The van der Waals surface area contributed by atoms with Crippen molar-refractivity contribution >= 4 is 28.3 Å². The number of likely N-dealkylation sites (tertiary alicyclic amines) is 1. The highest BCUT2D eigenvalue weighted by Crippen LogP contribution is 2.34. The van der Waals surface area contributed by atoms with Crippen molar-refractivity contribution in [2.45, 2.75) is 12.8 Å². The average Bonchev–Trinajstić information content (AvgIpc) is 3.48. The zero-order valence-electron chi connectivity index (χ0n) is 14.6. The fourth-order valence-corrected chi connectivity index (χ4v) is 4.30. The van der Waals surface area contributed by atoms with Gasteiger partial charge in [-0.1, -0.05) is 12.1 Å². The number of aromatic nitrogens is 4. The summed E-state index contributed by atoms with van der Waals surface area (Å²) < 4.78 is 1.68. The van der Waals surface area contributed by atoms with Crippen LogP contribution in [-0.2, 0) is 0 Å². The van der Waals surface area contributed by atoms with Gasteiger partial charge in [-0.15, -0.1) is 11.3 Å². The van der Waals surface area contributed by atoms with Gasteiger partial charge in [-0.3, -0.25) is 4.79 Å². The summed E-state index contributed by atoms with van der Waals surface area (Å²) in [6.45, 7) is 1.57. The molecule has 0 spiro atoms. The fraction of sp³-hybridized carbons (Fsp3) is 0.200. The second kappa shape index (κ2) is 6.59. The van der Waals surface area contributed by atoms with E-state index in [-0.39, 0.29) is 5.91 Å².